The average Bonchev–Trinajstić information content (AvgIpc) is 2.46. The van der Waals surface area contributed by atoms with Crippen LogP contribution in [0.15, 0.2) is 0 Å². The molecule has 0 aromatic rings. The van der Waals surface area contributed by atoms with Crippen molar-refractivity contribution < 1.29 is 9.90 Å². The maximum absolute atomic E-state index is 10.7. The van der Waals surface area contributed by atoms with Gasteiger partial charge in [0.2, 0.25) is 0 Å². The molecule has 1 unspecified atom stereocenters. The molecule has 1 atom stereocenters. The average molecular weight is 269 g/mol. The van der Waals surface area contributed by atoms with E-state index in [1.165, 1.54) is 45.2 Å². The topological polar surface area (TPSA) is 69.8 Å². The van der Waals surface area contributed by atoms with Crippen LogP contribution in [0.25, 0.3) is 0 Å². The fourth-order valence-electron chi connectivity index (χ4n) is 3.24. The molecule has 5 nitrogen and oxygen atoms in total. The van der Waals surface area contributed by atoms with Crippen molar-refractivity contribution in [3.63, 3.8) is 0 Å². The van der Waals surface area contributed by atoms with Gasteiger partial charge in [-0.3, -0.25) is 4.79 Å². The van der Waals surface area contributed by atoms with Gasteiger partial charge in [0, 0.05) is 12.6 Å². The summed E-state index contributed by atoms with van der Waals surface area (Å²) < 4.78 is 0. The second-order valence-corrected chi connectivity index (χ2v) is 5.90. The number of hydrogen-bond donors (Lipinski definition) is 2. The highest BCUT2D eigenvalue weighted by Crippen LogP contribution is 2.20. The summed E-state index contributed by atoms with van der Waals surface area (Å²) in [5.74, 6) is -0.886. The lowest BCUT2D eigenvalue weighted by Crippen LogP contribution is -2.47. The Bertz CT molecular complexity index is 284. The molecule has 2 aliphatic heterocycles. The van der Waals surface area contributed by atoms with Crippen molar-refractivity contribution in [2.75, 3.05) is 32.7 Å². The van der Waals surface area contributed by atoms with E-state index in [0.29, 0.717) is 6.42 Å². The van der Waals surface area contributed by atoms with Gasteiger partial charge in [0.25, 0.3) is 0 Å². The van der Waals surface area contributed by atoms with Crippen molar-refractivity contribution in [1.82, 2.24) is 9.80 Å². The SMILES string of the molecule is NC(CCN1CCC(N2CCCCC2)CC1)C(=O)O. The molecule has 110 valence electrons. The van der Waals surface area contributed by atoms with Crippen molar-refractivity contribution in [2.24, 2.45) is 5.73 Å². The van der Waals surface area contributed by atoms with Gasteiger partial charge in [0.05, 0.1) is 0 Å². The molecule has 0 spiro atoms. The first kappa shape index (κ1) is 14.8. The van der Waals surface area contributed by atoms with E-state index in [0.717, 1.165) is 25.7 Å². The van der Waals surface area contributed by atoms with Gasteiger partial charge < -0.3 is 20.6 Å². The van der Waals surface area contributed by atoms with Gasteiger partial charge in [-0.2, -0.15) is 0 Å². The second kappa shape index (κ2) is 7.22. The third-order valence-corrected chi connectivity index (χ3v) is 4.54. The van der Waals surface area contributed by atoms with Crippen LogP contribution in [0, 0.1) is 0 Å². The first-order valence-corrected chi connectivity index (χ1v) is 7.61. The minimum atomic E-state index is -0.886. The number of rotatable bonds is 5. The Balaban J connectivity index is 1.66. The van der Waals surface area contributed by atoms with E-state index in [1.54, 1.807) is 0 Å². The van der Waals surface area contributed by atoms with E-state index in [2.05, 4.69) is 9.80 Å². The van der Waals surface area contributed by atoms with Crippen molar-refractivity contribution >= 4 is 5.97 Å². The van der Waals surface area contributed by atoms with E-state index >= 15 is 0 Å². The monoisotopic (exact) mass is 269 g/mol. The molecule has 0 amide bonds. The smallest absolute Gasteiger partial charge is 0.320 e. The molecule has 19 heavy (non-hydrogen) atoms. The minimum Gasteiger partial charge on any atom is -0.480 e. The quantitative estimate of drug-likeness (QED) is 0.770. The normalized spacial score (nSPS) is 25.3. The van der Waals surface area contributed by atoms with Crippen LogP contribution < -0.4 is 5.73 Å². The summed E-state index contributed by atoms with van der Waals surface area (Å²) in [6, 6.07) is 0.0458. The van der Waals surface area contributed by atoms with Crippen LogP contribution in [0.2, 0.25) is 0 Å². The van der Waals surface area contributed by atoms with Crippen molar-refractivity contribution in [2.45, 2.75) is 50.6 Å². The number of hydrogen-bond acceptors (Lipinski definition) is 4. The van der Waals surface area contributed by atoms with Crippen LogP contribution in [-0.2, 0) is 4.79 Å². The Morgan fingerprint density at radius 3 is 2.37 bits per heavy atom. The summed E-state index contributed by atoms with van der Waals surface area (Å²) in [6.45, 7) is 5.55. The lowest BCUT2D eigenvalue weighted by molar-refractivity contribution is -0.138. The molecule has 2 saturated heterocycles. The molecule has 0 aromatic carbocycles. The molecule has 0 saturated carbocycles. The summed E-state index contributed by atoms with van der Waals surface area (Å²) in [5, 5.41) is 8.77. The van der Waals surface area contributed by atoms with Crippen LogP contribution >= 0.6 is 0 Å². The van der Waals surface area contributed by atoms with Gasteiger partial charge in [-0.1, -0.05) is 6.42 Å². The molecule has 0 bridgehead atoms. The molecule has 0 radical (unpaired) electrons. The Morgan fingerprint density at radius 2 is 1.79 bits per heavy atom. The van der Waals surface area contributed by atoms with Gasteiger partial charge in [-0.15, -0.1) is 0 Å². The Kier molecular flexibility index (Phi) is 5.60. The van der Waals surface area contributed by atoms with Gasteiger partial charge in [0.15, 0.2) is 0 Å². The summed E-state index contributed by atoms with van der Waals surface area (Å²) in [7, 11) is 0. The molecule has 0 aromatic heterocycles. The summed E-state index contributed by atoms with van der Waals surface area (Å²) in [5.41, 5.74) is 5.54. The van der Waals surface area contributed by atoms with Gasteiger partial charge in [-0.05, 0) is 58.3 Å². The third kappa shape index (κ3) is 4.44. The lowest BCUT2D eigenvalue weighted by atomic mass is 9.99. The molecular weight excluding hydrogens is 242 g/mol. The van der Waals surface area contributed by atoms with Crippen molar-refractivity contribution in [1.29, 1.82) is 0 Å². The Hall–Kier alpha value is -0.650. The number of nitrogens with zero attached hydrogens (tertiary/aromatic N) is 2. The molecule has 2 aliphatic rings. The fraction of sp³-hybridized carbons (Fsp3) is 0.929. The minimum absolute atomic E-state index is 0.559. The van der Waals surface area contributed by atoms with Crippen LogP contribution in [0.3, 0.4) is 0 Å². The summed E-state index contributed by atoms with van der Waals surface area (Å²) in [4.78, 5) is 15.7. The van der Waals surface area contributed by atoms with Crippen molar-refractivity contribution in [3.8, 4) is 0 Å². The predicted octanol–water partition coefficient (Wildman–Crippen LogP) is 0.739. The highest BCUT2D eigenvalue weighted by atomic mass is 16.4. The van der Waals surface area contributed by atoms with Crippen LogP contribution in [0.4, 0.5) is 0 Å². The Labute approximate surface area is 115 Å². The zero-order chi connectivity index (χ0) is 13.7. The number of aliphatic carboxylic acids is 1. The first-order chi connectivity index (χ1) is 9.16. The fourth-order valence-corrected chi connectivity index (χ4v) is 3.24. The van der Waals surface area contributed by atoms with Crippen LogP contribution in [0.5, 0.6) is 0 Å². The molecule has 5 heteroatoms. The number of carboxylic acid groups (broad SMARTS) is 1. The highest BCUT2D eigenvalue weighted by Gasteiger charge is 2.25. The van der Waals surface area contributed by atoms with Crippen LogP contribution in [-0.4, -0.2) is 65.7 Å². The van der Waals surface area contributed by atoms with E-state index in [9.17, 15) is 4.79 Å². The van der Waals surface area contributed by atoms with Gasteiger partial charge >= 0.3 is 5.97 Å². The van der Waals surface area contributed by atoms with E-state index in [-0.39, 0.29) is 0 Å². The zero-order valence-electron chi connectivity index (χ0n) is 11.8. The largest absolute Gasteiger partial charge is 0.480 e. The number of nitrogens with two attached hydrogens (primary N) is 1. The number of likely N-dealkylation sites (tertiary alicyclic amines) is 2. The van der Waals surface area contributed by atoms with Gasteiger partial charge in [-0.25, -0.2) is 0 Å². The summed E-state index contributed by atoms with van der Waals surface area (Å²) in [6.07, 6.45) is 7.11. The molecule has 2 rings (SSSR count). The molecular formula is C14H27N3O2. The second-order valence-electron chi connectivity index (χ2n) is 5.90. The molecule has 0 aliphatic carbocycles. The predicted molar refractivity (Wildman–Crippen MR) is 75.1 cm³/mol. The van der Waals surface area contributed by atoms with Crippen molar-refractivity contribution in [3.05, 3.63) is 0 Å². The number of carbonyl (C=O) groups is 1. The lowest BCUT2D eigenvalue weighted by Gasteiger charge is -2.40. The van der Waals surface area contributed by atoms with E-state index < -0.39 is 12.0 Å². The third-order valence-electron chi connectivity index (χ3n) is 4.54. The Morgan fingerprint density at radius 1 is 1.16 bits per heavy atom. The maximum atomic E-state index is 10.7. The summed E-state index contributed by atoms with van der Waals surface area (Å²) >= 11 is 0. The maximum Gasteiger partial charge on any atom is 0.320 e. The van der Waals surface area contributed by atoms with E-state index in [1.807, 2.05) is 0 Å². The standard InChI is InChI=1S/C14H27N3O2/c15-13(14(18)19)6-11-16-9-4-12(5-10-16)17-7-2-1-3-8-17/h12-13H,1-11,15H2,(H,18,19). The molecule has 3 N–H and O–H groups in total. The van der Waals surface area contributed by atoms with Gasteiger partial charge in [0.1, 0.15) is 6.04 Å². The van der Waals surface area contributed by atoms with E-state index in [4.69, 9.17) is 10.8 Å². The molecule has 2 heterocycles. The number of piperidine rings is 2. The zero-order valence-corrected chi connectivity index (χ0v) is 11.8. The number of carboxylic acids is 1. The highest BCUT2D eigenvalue weighted by molar-refractivity contribution is 5.72. The van der Waals surface area contributed by atoms with Crippen LogP contribution in [0.1, 0.15) is 38.5 Å². The molecule has 2 fully saturated rings. The first-order valence-electron chi connectivity index (χ1n) is 7.61.